The van der Waals surface area contributed by atoms with Crippen molar-refractivity contribution in [3.63, 3.8) is 0 Å². The number of hydrogen-bond acceptors (Lipinski definition) is 4. The van der Waals surface area contributed by atoms with Gasteiger partial charge in [-0.15, -0.1) is 0 Å². The number of likely N-dealkylation sites (tertiary alicyclic amines) is 1. The number of fused-ring (bicyclic) bond motifs is 1. The second kappa shape index (κ2) is 9.72. The largest absolute Gasteiger partial charge is 0.492 e. The van der Waals surface area contributed by atoms with E-state index >= 15 is 0 Å². The molecule has 1 aliphatic heterocycles. The van der Waals surface area contributed by atoms with Crippen LogP contribution in [0.2, 0.25) is 0 Å². The van der Waals surface area contributed by atoms with E-state index in [4.69, 9.17) is 4.74 Å². The number of ether oxygens (including phenoxy) is 1. The van der Waals surface area contributed by atoms with E-state index in [1.807, 2.05) is 55.2 Å². The summed E-state index contributed by atoms with van der Waals surface area (Å²) in [4.78, 5) is 7.17. The molecule has 1 aromatic carbocycles. The lowest BCUT2D eigenvalue weighted by Gasteiger charge is -2.26. The van der Waals surface area contributed by atoms with Crippen molar-refractivity contribution in [1.82, 2.24) is 19.5 Å². The third kappa shape index (κ3) is 4.62. The van der Waals surface area contributed by atoms with Crippen molar-refractivity contribution in [3.05, 3.63) is 66.6 Å². The fraction of sp³-hybridized carbons (Fsp3) is 0.360. The van der Waals surface area contributed by atoms with Crippen LogP contribution in [0.1, 0.15) is 38.7 Å². The monoisotopic (exact) mass is 402 g/mol. The SMILES string of the molecule is C/C=C\C(=C/C)c1cnn2cc(-c3ccc(OCCN4CCCCC4)cc3)cnc12. The number of rotatable bonds is 7. The first-order valence-electron chi connectivity index (χ1n) is 10.9. The van der Waals surface area contributed by atoms with Gasteiger partial charge < -0.3 is 4.74 Å². The van der Waals surface area contributed by atoms with Gasteiger partial charge >= 0.3 is 0 Å². The van der Waals surface area contributed by atoms with E-state index in [1.165, 1.54) is 32.4 Å². The molecule has 156 valence electrons. The van der Waals surface area contributed by atoms with Crippen LogP contribution in [-0.4, -0.2) is 45.7 Å². The van der Waals surface area contributed by atoms with E-state index in [-0.39, 0.29) is 0 Å². The smallest absolute Gasteiger partial charge is 0.162 e. The number of benzene rings is 1. The van der Waals surface area contributed by atoms with Crippen LogP contribution in [0, 0.1) is 0 Å². The Morgan fingerprint density at radius 2 is 1.83 bits per heavy atom. The lowest BCUT2D eigenvalue weighted by atomic mass is 10.1. The molecule has 3 heterocycles. The van der Waals surface area contributed by atoms with Crippen LogP contribution in [0.15, 0.2) is 61.1 Å². The molecule has 5 heteroatoms. The van der Waals surface area contributed by atoms with Crippen LogP contribution in [0.5, 0.6) is 5.75 Å². The minimum Gasteiger partial charge on any atom is -0.492 e. The first-order valence-corrected chi connectivity index (χ1v) is 10.9. The van der Waals surface area contributed by atoms with Gasteiger partial charge in [0.25, 0.3) is 0 Å². The summed E-state index contributed by atoms with van der Waals surface area (Å²) >= 11 is 0. The Balaban J connectivity index is 1.43. The Morgan fingerprint density at radius 3 is 2.57 bits per heavy atom. The molecule has 0 aliphatic carbocycles. The molecule has 0 atom stereocenters. The normalized spacial score (nSPS) is 15.9. The summed E-state index contributed by atoms with van der Waals surface area (Å²) in [5.41, 5.74) is 5.16. The van der Waals surface area contributed by atoms with Gasteiger partial charge in [0, 0.05) is 30.1 Å². The standard InChI is InChI=1S/C25H30N4O/c1-3-8-20(4-2)24-18-27-29-19-22(17-26-25(24)29)21-9-11-23(12-10-21)30-16-15-28-13-6-5-7-14-28/h3-4,8-12,17-19H,5-7,13-16H2,1-2H3/b8-3-,20-4+. The van der Waals surface area contributed by atoms with Gasteiger partial charge in [0.15, 0.2) is 5.65 Å². The Labute approximate surface area is 178 Å². The van der Waals surface area contributed by atoms with Crippen molar-refractivity contribution in [2.75, 3.05) is 26.2 Å². The maximum absolute atomic E-state index is 5.95. The van der Waals surface area contributed by atoms with Crippen LogP contribution in [0.25, 0.3) is 22.3 Å². The van der Waals surface area contributed by atoms with Gasteiger partial charge in [-0.25, -0.2) is 9.50 Å². The zero-order valence-corrected chi connectivity index (χ0v) is 17.9. The van der Waals surface area contributed by atoms with E-state index in [2.05, 4.69) is 39.3 Å². The van der Waals surface area contributed by atoms with E-state index in [0.29, 0.717) is 0 Å². The topological polar surface area (TPSA) is 42.7 Å². The Bertz CT molecular complexity index is 1030. The lowest BCUT2D eigenvalue weighted by molar-refractivity contribution is 0.183. The molecule has 0 N–H and O–H groups in total. The minimum absolute atomic E-state index is 0.739. The van der Waals surface area contributed by atoms with Crippen LogP contribution in [-0.2, 0) is 0 Å². The highest BCUT2D eigenvalue weighted by atomic mass is 16.5. The molecule has 5 nitrogen and oxygen atoms in total. The quantitative estimate of drug-likeness (QED) is 0.507. The zero-order chi connectivity index (χ0) is 20.8. The molecule has 1 fully saturated rings. The lowest BCUT2D eigenvalue weighted by Crippen LogP contribution is -2.33. The molecule has 2 aromatic heterocycles. The highest BCUT2D eigenvalue weighted by Crippen LogP contribution is 2.25. The highest BCUT2D eigenvalue weighted by molar-refractivity contribution is 5.81. The van der Waals surface area contributed by atoms with Gasteiger partial charge in [0.1, 0.15) is 12.4 Å². The average Bonchev–Trinajstić information content (AvgIpc) is 3.22. The first-order chi connectivity index (χ1) is 14.8. The fourth-order valence-corrected chi connectivity index (χ4v) is 3.97. The Kier molecular flexibility index (Phi) is 6.60. The van der Waals surface area contributed by atoms with Crippen molar-refractivity contribution in [2.45, 2.75) is 33.1 Å². The summed E-state index contributed by atoms with van der Waals surface area (Å²) in [5, 5.41) is 4.51. The Morgan fingerprint density at radius 1 is 1.03 bits per heavy atom. The number of nitrogens with zero attached hydrogens (tertiary/aromatic N) is 4. The van der Waals surface area contributed by atoms with E-state index in [9.17, 15) is 0 Å². The summed E-state index contributed by atoms with van der Waals surface area (Å²) in [6, 6.07) is 8.24. The third-order valence-corrected chi connectivity index (χ3v) is 5.64. The van der Waals surface area contributed by atoms with Gasteiger partial charge in [0.2, 0.25) is 0 Å². The molecule has 3 aromatic rings. The summed E-state index contributed by atoms with van der Waals surface area (Å²) < 4.78 is 7.80. The molecule has 4 rings (SSSR count). The van der Waals surface area contributed by atoms with Gasteiger partial charge in [-0.2, -0.15) is 5.10 Å². The number of allylic oxidation sites excluding steroid dienone is 4. The molecule has 0 radical (unpaired) electrons. The third-order valence-electron chi connectivity index (χ3n) is 5.64. The Hall–Kier alpha value is -2.92. The molecule has 0 bridgehead atoms. The molecule has 0 amide bonds. The molecule has 1 saturated heterocycles. The highest BCUT2D eigenvalue weighted by Gasteiger charge is 2.11. The van der Waals surface area contributed by atoms with Crippen LogP contribution >= 0.6 is 0 Å². The van der Waals surface area contributed by atoms with E-state index in [1.54, 1.807) is 0 Å². The molecule has 0 spiro atoms. The molecule has 1 aliphatic rings. The van der Waals surface area contributed by atoms with E-state index < -0.39 is 0 Å². The van der Waals surface area contributed by atoms with Crippen LogP contribution in [0.4, 0.5) is 0 Å². The number of hydrogen-bond donors (Lipinski definition) is 0. The van der Waals surface area contributed by atoms with Crippen molar-refractivity contribution in [2.24, 2.45) is 0 Å². The summed E-state index contributed by atoms with van der Waals surface area (Å²) in [7, 11) is 0. The molecular weight excluding hydrogens is 372 g/mol. The van der Waals surface area contributed by atoms with Gasteiger partial charge in [-0.3, -0.25) is 4.90 Å². The summed E-state index contributed by atoms with van der Waals surface area (Å²) in [5.74, 6) is 0.912. The molecule has 30 heavy (non-hydrogen) atoms. The maximum Gasteiger partial charge on any atom is 0.162 e. The van der Waals surface area contributed by atoms with Gasteiger partial charge in [-0.05, 0) is 63.0 Å². The number of piperidine rings is 1. The predicted molar refractivity (Wildman–Crippen MR) is 123 cm³/mol. The van der Waals surface area contributed by atoms with Crippen molar-refractivity contribution < 1.29 is 4.74 Å². The van der Waals surface area contributed by atoms with Crippen molar-refractivity contribution >= 4 is 11.2 Å². The summed E-state index contributed by atoms with van der Waals surface area (Å²) in [6.07, 6.45) is 16.0. The zero-order valence-electron chi connectivity index (χ0n) is 17.9. The van der Waals surface area contributed by atoms with E-state index in [0.717, 1.165) is 46.8 Å². The van der Waals surface area contributed by atoms with Crippen LogP contribution in [0.3, 0.4) is 0 Å². The maximum atomic E-state index is 5.95. The molecule has 0 saturated carbocycles. The second-order valence-electron chi connectivity index (χ2n) is 7.69. The second-order valence-corrected chi connectivity index (χ2v) is 7.69. The van der Waals surface area contributed by atoms with Gasteiger partial charge in [0.05, 0.1) is 6.20 Å². The summed E-state index contributed by atoms with van der Waals surface area (Å²) in [6.45, 7) is 8.20. The van der Waals surface area contributed by atoms with Crippen LogP contribution < -0.4 is 4.74 Å². The van der Waals surface area contributed by atoms with Crippen molar-refractivity contribution in [1.29, 1.82) is 0 Å². The fourth-order valence-electron chi connectivity index (χ4n) is 3.97. The molecule has 0 unspecified atom stereocenters. The predicted octanol–water partition coefficient (Wildman–Crippen LogP) is 5.24. The van der Waals surface area contributed by atoms with Crippen molar-refractivity contribution in [3.8, 4) is 16.9 Å². The molecular formula is C25H30N4O. The number of aromatic nitrogens is 3. The average molecular weight is 403 g/mol. The van der Waals surface area contributed by atoms with Gasteiger partial charge in [-0.1, -0.05) is 36.8 Å². The minimum atomic E-state index is 0.739. The first kappa shape index (κ1) is 20.4.